The maximum Gasteiger partial charge on any atom is 0.229 e. The van der Waals surface area contributed by atoms with Gasteiger partial charge in [-0.15, -0.1) is 0 Å². The van der Waals surface area contributed by atoms with Gasteiger partial charge in [0, 0.05) is 48.1 Å². The second-order valence-corrected chi connectivity index (χ2v) is 6.02. The summed E-state index contributed by atoms with van der Waals surface area (Å²) in [7, 11) is 0. The second-order valence-electron chi connectivity index (χ2n) is 5.15. The van der Waals surface area contributed by atoms with E-state index in [2.05, 4.69) is 20.2 Å². The normalized spacial score (nSPS) is 14.7. The van der Waals surface area contributed by atoms with Crippen molar-refractivity contribution < 1.29 is 4.79 Å². The molecular weight excluding hydrogens is 337 g/mol. The van der Waals surface area contributed by atoms with E-state index in [0.29, 0.717) is 29.1 Å². The summed E-state index contributed by atoms with van der Waals surface area (Å²) in [4.78, 5) is 23.4. The van der Waals surface area contributed by atoms with Gasteiger partial charge in [-0.1, -0.05) is 23.2 Å². The van der Waals surface area contributed by atoms with Gasteiger partial charge >= 0.3 is 0 Å². The lowest BCUT2D eigenvalue weighted by Crippen LogP contribution is -2.46. The molecule has 1 fully saturated rings. The number of anilines is 3. The zero-order valence-electron chi connectivity index (χ0n) is 12.2. The van der Waals surface area contributed by atoms with Gasteiger partial charge in [0.25, 0.3) is 0 Å². The molecule has 0 saturated carbocycles. The molecule has 2 aromatic rings. The van der Waals surface area contributed by atoms with Crippen LogP contribution in [0.4, 0.5) is 17.5 Å². The summed E-state index contributed by atoms with van der Waals surface area (Å²) in [6.45, 7) is 2.89. The van der Waals surface area contributed by atoms with Crippen LogP contribution in [-0.4, -0.2) is 47.5 Å². The van der Waals surface area contributed by atoms with E-state index in [-0.39, 0.29) is 0 Å². The summed E-state index contributed by atoms with van der Waals surface area (Å²) in [6.07, 6.45) is 2.58. The van der Waals surface area contributed by atoms with Crippen LogP contribution in [0.3, 0.4) is 0 Å². The van der Waals surface area contributed by atoms with Crippen LogP contribution in [-0.2, 0) is 4.79 Å². The van der Waals surface area contributed by atoms with Crippen molar-refractivity contribution in [1.29, 1.82) is 0 Å². The average Bonchev–Trinajstić information content (AvgIpc) is 2.54. The Hall–Kier alpha value is -2.05. The minimum absolute atomic E-state index is 0.471. The summed E-state index contributed by atoms with van der Waals surface area (Å²) in [6, 6.07) is 7.03. The number of benzene rings is 1. The van der Waals surface area contributed by atoms with Crippen molar-refractivity contribution in [2.45, 2.75) is 0 Å². The van der Waals surface area contributed by atoms with Gasteiger partial charge in [-0.3, -0.25) is 4.79 Å². The molecule has 0 atom stereocenters. The molecule has 8 heteroatoms. The molecule has 23 heavy (non-hydrogen) atoms. The maximum absolute atomic E-state index is 10.8. The van der Waals surface area contributed by atoms with E-state index < -0.39 is 0 Å². The molecule has 0 bridgehead atoms. The van der Waals surface area contributed by atoms with Crippen LogP contribution in [0.2, 0.25) is 10.0 Å². The molecule has 2 heterocycles. The van der Waals surface area contributed by atoms with Gasteiger partial charge in [0.15, 0.2) is 0 Å². The van der Waals surface area contributed by atoms with Crippen molar-refractivity contribution in [3.8, 4) is 0 Å². The van der Waals surface area contributed by atoms with E-state index in [9.17, 15) is 4.79 Å². The highest BCUT2D eigenvalue weighted by atomic mass is 35.5. The SMILES string of the molecule is O=CN1CCN(c2ccnc(Nc3cc(Cl)cc(Cl)c3)n2)CC1. The number of hydrogen-bond acceptors (Lipinski definition) is 5. The highest BCUT2D eigenvalue weighted by Crippen LogP contribution is 2.24. The summed E-state index contributed by atoms with van der Waals surface area (Å²) in [5.41, 5.74) is 0.727. The van der Waals surface area contributed by atoms with Crippen LogP contribution in [0.1, 0.15) is 0 Å². The summed E-state index contributed by atoms with van der Waals surface area (Å²) in [5.74, 6) is 1.29. The first-order valence-electron chi connectivity index (χ1n) is 7.14. The van der Waals surface area contributed by atoms with Gasteiger partial charge < -0.3 is 15.1 Å². The van der Waals surface area contributed by atoms with Crippen molar-refractivity contribution in [3.05, 3.63) is 40.5 Å². The predicted octanol–water partition coefficient (Wildman–Crippen LogP) is 2.81. The number of nitrogens with zero attached hydrogens (tertiary/aromatic N) is 4. The van der Waals surface area contributed by atoms with E-state index in [4.69, 9.17) is 23.2 Å². The molecule has 0 unspecified atom stereocenters. The highest BCUT2D eigenvalue weighted by molar-refractivity contribution is 6.35. The molecule has 1 N–H and O–H groups in total. The van der Waals surface area contributed by atoms with Crippen LogP contribution in [0.15, 0.2) is 30.5 Å². The molecule has 0 spiro atoms. The Labute approximate surface area is 144 Å². The summed E-state index contributed by atoms with van der Waals surface area (Å²) >= 11 is 12.0. The van der Waals surface area contributed by atoms with E-state index in [1.165, 1.54) is 0 Å². The van der Waals surface area contributed by atoms with Crippen LogP contribution < -0.4 is 10.2 Å². The van der Waals surface area contributed by atoms with Gasteiger partial charge in [0.1, 0.15) is 5.82 Å². The highest BCUT2D eigenvalue weighted by Gasteiger charge is 2.17. The van der Waals surface area contributed by atoms with Crippen molar-refractivity contribution in [2.75, 3.05) is 36.4 Å². The predicted molar refractivity (Wildman–Crippen MR) is 91.6 cm³/mol. The standard InChI is InChI=1S/C15H15Cl2N5O/c16-11-7-12(17)9-13(8-11)19-15-18-2-1-14(20-15)22-5-3-21(10-23)4-6-22/h1-2,7-10H,3-6H2,(H,18,19,20). The molecule has 1 amide bonds. The Morgan fingerprint density at radius 3 is 2.43 bits per heavy atom. The smallest absolute Gasteiger partial charge is 0.229 e. The lowest BCUT2D eigenvalue weighted by Gasteiger charge is -2.33. The quantitative estimate of drug-likeness (QED) is 0.858. The zero-order valence-corrected chi connectivity index (χ0v) is 13.8. The third-order valence-electron chi connectivity index (χ3n) is 3.55. The Bertz CT molecular complexity index is 684. The third kappa shape index (κ3) is 4.03. The number of rotatable bonds is 4. The molecule has 0 aliphatic carbocycles. The fourth-order valence-corrected chi connectivity index (χ4v) is 2.92. The van der Waals surface area contributed by atoms with Crippen molar-refractivity contribution in [1.82, 2.24) is 14.9 Å². The van der Waals surface area contributed by atoms with Crippen molar-refractivity contribution in [2.24, 2.45) is 0 Å². The Kier molecular flexibility index (Phi) is 4.83. The molecule has 120 valence electrons. The minimum atomic E-state index is 0.471. The second kappa shape index (κ2) is 7.02. The van der Waals surface area contributed by atoms with Crippen LogP contribution in [0.5, 0.6) is 0 Å². The van der Waals surface area contributed by atoms with Crippen LogP contribution in [0, 0.1) is 0 Å². The lowest BCUT2D eigenvalue weighted by molar-refractivity contribution is -0.118. The van der Waals surface area contributed by atoms with Gasteiger partial charge in [-0.2, -0.15) is 4.98 Å². The van der Waals surface area contributed by atoms with E-state index >= 15 is 0 Å². The van der Waals surface area contributed by atoms with Crippen LogP contribution >= 0.6 is 23.2 Å². The number of amides is 1. The van der Waals surface area contributed by atoms with E-state index in [1.807, 2.05) is 6.07 Å². The fraction of sp³-hybridized carbons (Fsp3) is 0.267. The number of piperazine rings is 1. The molecule has 1 aromatic heterocycles. The first-order valence-corrected chi connectivity index (χ1v) is 7.90. The van der Waals surface area contributed by atoms with Gasteiger partial charge in [-0.05, 0) is 24.3 Å². The third-order valence-corrected chi connectivity index (χ3v) is 3.98. The van der Waals surface area contributed by atoms with Crippen molar-refractivity contribution >= 4 is 47.1 Å². The number of carbonyl (C=O) groups is 1. The minimum Gasteiger partial charge on any atom is -0.353 e. The molecule has 3 rings (SSSR count). The largest absolute Gasteiger partial charge is 0.353 e. The molecule has 6 nitrogen and oxygen atoms in total. The number of nitrogens with one attached hydrogen (secondary N) is 1. The number of halogens is 2. The number of aromatic nitrogens is 2. The topological polar surface area (TPSA) is 61.4 Å². The number of hydrogen-bond donors (Lipinski definition) is 1. The molecule has 1 aliphatic rings. The van der Waals surface area contributed by atoms with Crippen molar-refractivity contribution in [3.63, 3.8) is 0 Å². The maximum atomic E-state index is 10.8. The first-order chi connectivity index (χ1) is 11.1. The first kappa shape index (κ1) is 15.8. The average molecular weight is 352 g/mol. The molecular formula is C15H15Cl2N5O. The van der Waals surface area contributed by atoms with Gasteiger partial charge in [0.05, 0.1) is 0 Å². The van der Waals surface area contributed by atoms with Gasteiger partial charge in [-0.25, -0.2) is 4.98 Å². The zero-order chi connectivity index (χ0) is 16.2. The number of carbonyl (C=O) groups excluding carboxylic acids is 1. The fourth-order valence-electron chi connectivity index (χ4n) is 2.40. The Balaban J connectivity index is 1.73. The molecule has 0 radical (unpaired) electrons. The summed E-state index contributed by atoms with van der Waals surface area (Å²) < 4.78 is 0. The Morgan fingerprint density at radius 2 is 1.78 bits per heavy atom. The van der Waals surface area contributed by atoms with E-state index in [0.717, 1.165) is 31.0 Å². The summed E-state index contributed by atoms with van der Waals surface area (Å²) in [5, 5.41) is 4.19. The molecule has 1 saturated heterocycles. The lowest BCUT2D eigenvalue weighted by atomic mass is 10.3. The monoisotopic (exact) mass is 351 g/mol. The van der Waals surface area contributed by atoms with E-state index in [1.54, 1.807) is 29.3 Å². The Morgan fingerprint density at radius 1 is 1.09 bits per heavy atom. The molecule has 1 aromatic carbocycles. The molecule has 1 aliphatic heterocycles. The van der Waals surface area contributed by atoms with Crippen LogP contribution in [0.25, 0.3) is 0 Å². The van der Waals surface area contributed by atoms with Gasteiger partial charge in [0.2, 0.25) is 12.4 Å².